The van der Waals surface area contributed by atoms with Gasteiger partial charge in [0.15, 0.2) is 0 Å². The third-order valence-electron chi connectivity index (χ3n) is 2.70. The summed E-state index contributed by atoms with van der Waals surface area (Å²) in [6, 6.07) is 5.13. The second-order valence-corrected chi connectivity index (χ2v) is 3.87. The van der Waals surface area contributed by atoms with Crippen LogP contribution in [0, 0.1) is 29.3 Å². The van der Waals surface area contributed by atoms with Crippen LogP contribution in [-0.2, 0) is 0 Å². The first-order chi connectivity index (χ1) is 9.47. The van der Waals surface area contributed by atoms with Gasteiger partial charge in [0.2, 0.25) is 11.6 Å². The molecule has 2 nitrogen and oxygen atoms in total. The van der Waals surface area contributed by atoms with Gasteiger partial charge in [-0.3, -0.25) is 0 Å². The third-order valence-corrected chi connectivity index (χ3v) is 2.70. The summed E-state index contributed by atoms with van der Waals surface area (Å²) in [6.07, 6.45) is 0. The lowest BCUT2D eigenvalue weighted by Crippen LogP contribution is -2.22. The summed E-state index contributed by atoms with van der Waals surface area (Å²) in [5.74, 6) is -7.68. The van der Waals surface area contributed by atoms with Crippen LogP contribution in [0.15, 0.2) is 24.3 Å². The Morgan fingerprint density at radius 3 is 2.00 bits per heavy atom. The fraction of sp³-hybridized carbons (Fsp3) is 0.154. The molecule has 0 aliphatic heterocycles. The second kappa shape index (κ2) is 5.44. The molecule has 0 aliphatic rings. The Bertz CT molecular complexity index is 619. The van der Waals surface area contributed by atoms with Crippen molar-refractivity contribution in [3.63, 3.8) is 0 Å². The molecule has 0 saturated heterocycles. The fourth-order valence-electron chi connectivity index (χ4n) is 1.83. The number of nitrogens with zero attached hydrogens (tertiary/aromatic N) is 2. The number of benzene rings is 1. The van der Waals surface area contributed by atoms with Crippen molar-refractivity contribution in [3.05, 3.63) is 53.6 Å². The van der Waals surface area contributed by atoms with Crippen molar-refractivity contribution in [1.29, 1.82) is 0 Å². The van der Waals surface area contributed by atoms with Crippen molar-refractivity contribution >= 4 is 11.4 Å². The minimum absolute atomic E-state index is 0.0995. The van der Waals surface area contributed by atoms with Gasteiger partial charge in [-0.2, -0.15) is 22.5 Å². The van der Waals surface area contributed by atoms with Crippen molar-refractivity contribution < 1.29 is 22.0 Å². The molecule has 106 valence electrons. The molecule has 0 radical (unpaired) electrons. The summed E-state index contributed by atoms with van der Waals surface area (Å²) >= 11 is 0. The van der Waals surface area contributed by atoms with Gasteiger partial charge in [-0.1, -0.05) is 12.1 Å². The highest BCUT2D eigenvalue weighted by atomic mass is 19.2. The van der Waals surface area contributed by atoms with Crippen LogP contribution in [0.2, 0.25) is 0 Å². The van der Waals surface area contributed by atoms with Gasteiger partial charge in [0, 0.05) is 6.54 Å². The Balaban J connectivity index is 2.68. The lowest BCUT2D eigenvalue weighted by atomic mass is 10.2. The molecule has 0 aliphatic carbocycles. The first kappa shape index (κ1) is 14.2. The molecule has 0 unspecified atom stereocenters. The normalized spacial score (nSPS) is 10.7. The van der Waals surface area contributed by atoms with Gasteiger partial charge >= 0.3 is 0 Å². The zero-order chi connectivity index (χ0) is 14.9. The summed E-state index contributed by atoms with van der Waals surface area (Å²) in [5.41, 5.74) is -1.21. The van der Waals surface area contributed by atoms with Crippen molar-refractivity contribution in [2.24, 2.45) is 0 Å². The largest absolute Gasteiger partial charge is 0.334 e. The lowest BCUT2D eigenvalue weighted by molar-refractivity contribution is 0.408. The van der Waals surface area contributed by atoms with Gasteiger partial charge in [0.05, 0.1) is 5.69 Å². The van der Waals surface area contributed by atoms with E-state index in [9.17, 15) is 22.0 Å². The Kier molecular flexibility index (Phi) is 3.87. The van der Waals surface area contributed by atoms with Gasteiger partial charge in [-0.15, -0.1) is 0 Å². The van der Waals surface area contributed by atoms with Crippen molar-refractivity contribution in [2.75, 3.05) is 11.4 Å². The van der Waals surface area contributed by atoms with Crippen LogP contribution < -0.4 is 4.90 Å². The molecule has 0 N–H and O–H groups in total. The summed E-state index contributed by atoms with van der Waals surface area (Å²) in [5, 5.41) is 0. The maximum Gasteiger partial charge on any atom is 0.253 e. The average Bonchev–Trinajstić information content (AvgIpc) is 2.42. The maximum atomic E-state index is 13.7. The number of halogens is 5. The van der Waals surface area contributed by atoms with E-state index >= 15 is 0 Å². The zero-order valence-electron chi connectivity index (χ0n) is 10.3. The molecule has 1 heterocycles. The van der Waals surface area contributed by atoms with Gasteiger partial charge in [0.1, 0.15) is 11.5 Å². The number of para-hydroxylation sites is 1. The molecule has 2 aromatic rings. The molecule has 1 aromatic heterocycles. The number of aromatic nitrogens is 1. The number of rotatable bonds is 3. The van der Waals surface area contributed by atoms with Crippen LogP contribution >= 0.6 is 0 Å². The Hall–Kier alpha value is -2.18. The summed E-state index contributed by atoms with van der Waals surface area (Å²) in [6.45, 7) is 1.36. The van der Waals surface area contributed by atoms with Gasteiger partial charge < -0.3 is 4.90 Å². The van der Waals surface area contributed by atoms with Crippen molar-refractivity contribution in [2.45, 2.75) is 6.92 Å². The molecule has 0 spiro atoms. The van der Waals surface area contributed by atoms with E-state index in [2.05, 4.69) is 4.98 Å². The first-order valence-electron chi connectivity index (χ1n) is 5.69. The molecular formula is C13H9F5N2. The molecule has 2 rings (SSSR count). The lowest BCUT2D eigenvalue weighted by Gasteiger charge is -2.24. The molecule has 20 heavy (non-hydrogen) atoms. The molecule has 1 aromatic carbocycles. The van der Waals surface area contributed by atoms with E-state index in [-0.39, 0.29) is 12.2 Å². The fourth-order valence-corrected chi connectivity index (χ4v) is 1.83. The Morgan fingerprint density at radius 1 is 0.950 bits per heavy atom. The van der Waals surface area contributed by atoms with E-state index in [1.807, 2.05) is 0 Å². The van der Waals surface area contributed by atoms with Crippen LogP contribution in [0.5, 0.6) is 0 Å². The smallest absolute Gasteiger partial charge is 0.253 e. The number of pyridine rings is 1. The predicted octanol–water partition coefficient (Wildman–Crippen LogP) is 3.94. The zero-order valence-corrected chi connectivity index (χ0v) is 10.3. The van der Waals surface area contributed by atoms with Crippen LogP contribution in [0.1, 0.15) is 6.92 Å². The van der Waals surface area contributed by atoms with E-state index in [4.69, 9.17) is 0 Å². The summed E-state index contributed by atoms with van der Waals surface area (Å²) in [7, 11) is 0. The molecule has 0 saturated carbocycles. The van der Waals surface area contributed by atoms with E-state index in [0.717, 1.165) is 11.0 Å². The van der Waals surface area contributed by atoms with Gasteiger partial charge in [-0.05, 0) is 19.1 Å². The average molecular weight is 288 g/mol. The molecule has 0 amide bonds. The highest BCUT2D eigenvalue weighted by Crippen LogP contribution is 2.33. The minimum Gasteiger partial charge on any atom is -0.334 e. The number of hydrogen-bond acceptors (Lipinski definition) is 2. The van der Waals surface area contributed by atoms with Crippen molar-refractivity contribution in [1.82, 2.24) is 4.98 Å². The monoisotopic (exact) mass is 288 g/mol. The van der Waals surface area contributed by atoms with Crippen LogP contribution in [-0.4, -0.2) is 11.5 Å². The minimum atomic E-state index is -1.78. The van der Waals surface area contributed by atoms with Gasteiger partial charge in [-0.25, -0.2) is 4.39 Å². The molecule has 0 bridgehead atoms. The van der Waals surface area contributed by atoms with Crippen LogP contribution in [0.3, 0.4) is 0 Å². The first-order valence-corrected chi connectivity index (χ1v) is 5.69. The summed E-state index contributed by atoms with van der Waals surface area (Å²) in [4.78, 5) is 3.26. The summed E-state index contributed by atoms with van der Waals surface area (Å²) < 4.78 is 67.3. The quantitative estimate of drug-likeness (QED) is 0.628. The highest BCUT2D eigenvalue weighted by molar-refractivity contribution is 5.64. The van der Waals surface area contributed by atoms with Crippen LogP contribution in [0.25, 0.3) is 0 Å². The van der Waals surface area contributed by atoms with Gasteiger partial charge in [0.25, 0.3) is 11.9 Å². The van der Waals surface area contributed by atoms with Crippen molar-refractivity contribution in [3.8, 4) is 0 Å². The topological polar surface area (TPSA) is 16.1 Å². The van der Waals surface area contributed by atoms with E-state index in [1.54, 1.807) is 0 Å². The molecule has 7 heteroatoms. The Labute approximate surface area is 111 Å². The molecule has 0 fully saturated rings. The predicted molar refractivity (Wildman–Crippen MR) is 63.1 cm³/mol. The highest BCUT2D eigenvalue weighted by Gasteiger charge is 2.26. The Morgan fingerprint density at radius 2 is 1.50 bits per heavy atom. The number of hydrogen-bond donors (Lipinski definition) is 0. The second-order valence-electron chi connectivity index (χ2n) is 3.87. The van der Waals surface area contributed by atoms with E-state index in [1.165, 1.54) is 25.1 Å². The molecular weight excluding hydrogens is 279 g/mol. The molecule has 0 atom stereocenters. The third kappa shape index (κ3) is 2.31. The number of anilines is 2. The maximum absolute atomic E-state index is 13.7. The van der Waals surface area contributed by atoms with E-state index in [0.29, 0.717) is 0 Å². The van der Waals surface area contributed by atoms with Crippen LogP contribution in [0.4, 0.5) is 33.3 Å². The SMILES string of the molecule is CCN(c1ccccc1F)c1c(F)c(F)nc(F)c1F. The standard InChI is InChI=1S/C13H9F5N2/c1-2-20(8-6-4-3-5-7(8)14)11-9(15)12(17)19-13(18)10(11)16/h3-6H,2H2,1H3. The van der Waals surface area contributed by atoms with E-state index < -0.39 is 35.0 Å².